The first kappa shape index (κ1) is 15.9. The molecule has 0 saturated carbocycles. The van der Waals surface area contributed by atoms with Gasteiger partial charge in [0.1, 0.15) is 6.10 Å². The lowest BCUT2D eigenvalue weighted by atomic mass is 9.95. The molecule has 3 N–H and O–H groups in total. The second-order valence-electron chi connectivity index (χ2n) is 5.73. The first-order valence-corrected chi connectivity index (χ1v) is 7.74. The molecule has 122 valence electrons. The summed E-state index contributed by atoms with van der Waals surface area (Å²) >= 11 is 0. The van der Waals surface area contributed by atoms with Gasteiger partial charge in [0.25, 0.3) is 0 Å². The Balaban J connectivity index is 1.60. The maximum absolute atomic E-state index is 10.7. The zero-order valence-electron chi connectivity index (χ0n) is 12.8. The number of aliphatic hydroxyl groups excluding tert-OH is 1. The highest BCUT2D eigenvalue weighted by Crippen LogP contribution is 2.28. The van der Waals surface area contributed by atoms with Crippen LogP contribution >= 0.6 is 0 Å². The maximum atomic E-state index is 10.7. The molecule has 0 aromatic heterocycles. The molecule has 5 atom stereocenters. The third-order valence-corrected chi connectivity index (χ3v) is 4.23. The van der Waals surface area contributed by atoms with Gasteiger partial charge in [0, 0.05) is 20.2 Å². The van der Waals surface area contributed by atoms with E-state index in [0.717, 1.165) is 0 Å². The number of ether oxygens (including phenoxy) is 3. The molecule has 0 radical (unpaired) electrons. The normalized spacial score (nSPS) is 34.0. The molecular formula is C16H24N2O4. The molecule has 5 unspecified atom stereocenters. The van der Waals surface area contributed by atoms with Gasteiger partial charge in [-0.3, -0.25) is 0 Å². The van der Waals surface area contributed by atoms with Gasteiger partial charge in [-0.1, -0.05) is 30.3 Å². The Morgan fingerprint density at radius 1 is 1.23 bits per heavy atom. The highest BCUT2D eigenvalue weighted by molar-refractivity contribution is 5.15. The standard InChI is InChI=1S/C16H24N2O4/c1-20-8-7-17-14-15(19)13(12-10-21-16(14)22-12)18-9-11-5-3-2-4-6-11/h2-6,12-19H,7-10H2,1H3. The molecule has 22 heavy (non-hydrogen) atoms. The van der Waals surface area contributed by atoms with E-state index in [1.807, 2.05) is 18.2 Å². The van der Waals surface area contributed by atoms with Crippen molar-refractivity contribution in [3.8, 4) is 0 Å². The van der Waals surface area contributed by atoms with Crippen LogP contribution in [0.4, 0.5) is 0 Å². The molecule has 0 aliphatic carbocycles. The minimum atomic E-state index is -0.563. The number of hydrogen-bond donors (Lipinski definition) is 3. The largest absolute Gasteiger partial charge is 0.390 e. The summed E-state index contributed by atoms with van der Waals surface area (Å²) in [6.07, 6.45) is -1.05. The predicted molar refractivity (Wildman–Crippen MR) is 81.4 cm³/mol. The van der Waals surface area contributed by atoms with Crippen molar-refractivity contribution in [2.75, 3.05) is 26.9 Å². The Bertz CT molecular complexity index is 459. The van der Waals surface area contributed by atoms with E-state index < -0.39 is 6.10 Å². The lowest BCUT2D eigenvalue weighted by molar-refractivity contribution is -0.153. The van der Waals surface area contributed by atoms with Crippen LogP contribution in [0, 0.1) is 0 Å². The average molecular weight is 308 g/mol. The summed E-state index contributed by atoms with van der Waals surface area (Å²) < 4.78 is 16.5. The van der Waals surface area contributed by atoms with Gasteiger partial charge in [0.05, 0.1) is 31.4 Å². The highest BCUT2D eigenvalue weighted by atomic mass is 16.7. The molecule has 2 bridgehead atoms. The van der Waals surface area contributed by atoms with E-state index in [0.29, 0.717) is 26.3 Å². The molecule has 0 amide bonds. The van der Waals surface area contributed by atoms with Crippen LogP contribution in [0.5, 0.6) is 0 Å². The number of fused-ring (bicyclic) bond motifs is 2. The molecule has 1 aromatic rings. The molecule has 6 heteroatoms. The lowest BCUT2D eigenvalue weighted by Crippen LogP contribution is -2.63. The maximum Gasteiger partial charge on any atom is 0.176 e. The number of benzene rings is 1. The zero-order valence-corrected chi connectivity index (χ0v) is 12.8. The second kappa shape index (κ2) is 7.50. The fourth-order valence-corrected chi connectivity index (χ4v) is 3.05. The molecule has 2 fully saturated rings. The van der Waals surface area contributed by atoms with Gasteiger partial charge in [0.15, 0.2) is 6.29 Å². The average Bonchev–Trinajstić information content (AvgIpc) is 2.97. The van der Waals surface area contributed by atoms with E-state index >= 15 is 0 Å². The number of hydrogen-bond acceptors (Lipinski definition) is 6. The quantitative estimate of drug-likeness (QED) is 0.609. The van der Waals surface area contributed by atoms with Crippen LogP contribution in [-0.4, -0.2) is 62.6 Å². The van der Waals surface area contributed by atoms with Gasteiger partial charge < -0.3 is 30.0 Å². The zero-order chi connectivity index (χ0) is 15.4. The number of aliphatic hydroxyl groups is 1. The van der Waals surface area contributed by atoms with Crippen LogP contribution < -0.4 is 10.6 Å². The summed E-state index contributed by atoms with van der Waals surface area (Å²) in [7, 11) is 1.65. The van der Waals surface area contributed by atoms with Crippen LogP contribution in [0.2, 0.25) is 0 Å². The van der Waals surface area contributed by atoms with Crippen LogP contribution in [0.15, 0.2) is 30.3 Å². The van der Waals surface area contributed by atoms with Crippen LogP contribution in [0.1, 0.15) is 5.56 Å². The first-order chi connectivity index (χ1) is 10.8. The molecule has 2 saturated heterocycles. The number of nitrogens with one attached hydrogen (secondary N) is 2. The van der Waals surface area contributed by atoms with Crippen molar-refractivity contribution >= 4 is 0 Å². The predicted octanol–water partition coefficient (Wildman–Crippen LogP) is -0.135. The summed E-state index contributed by atoms with van der Waals surface area (Å²) in [4.78, 5) is 0. The molecule has 3 rings (SSSR count). The Hall–Kier alpha value is -1.02. The molecule has 2 aliphatic heterocycles. The topological polar surface area (TPSA) is 72.0 Å². The van der Waals surface area contributed by atoms with E-state index in [9.17, 15) is 5.11 Å². The minimum absolute atomic E-state index is 0.107. The van der Waals surface area contributed by atoms with Gasteiger partial charge in [-0.15, -0.1) is 0 Å². The van der Waals surface area contributed by atoms with Gasteiger partial charge in [0.2, 0.25) is 0 Å². The van der Waals surface area contributed by atoms with Crippen molar-refractivity contribution < 1.29 is 19.3 Å². The Labute approximate surface area is 130 Å². The Kier molecular flexibility index (Phi) is 5.41. The van der Waals surface area contributed by atoms with Gasteiger partial charge in [-0.05, 0) is 5.56 Å². The second-order valence-corrected chi connectivity index (χ2v) is 5.73. The first-order valence-electron chi connectivity index (χ1n) is 7.74. The van der Waals surface area contributed by atoms with Crippen molar-refractivity contribution in [3.05, 3.63) is 35.9 Å². The van der Waals surface area contributed by atoms with Crippen LogP contribution in [-0.2, 0) is 20.8 Å². The van der Waals surface area contributed by atoms with E-state index in [-0.39, 0.29) is 24.5 Å². The molecular weight excluding hydrogens is 284 g/mol. The fourth-order valence-electron chi connectivity index (χ4n) is 3.05. The molecule has 2 aliphatic rings. The van der Waals surface area contributed by atoms with Crippen LogP contribution in [0.3, 0.4) is 0 Å². The summed E-state index contributed by atoms with van der Waals surface area (Å²) in [5.41, 5.74) is 1.18. The monoisotopic (exact) mass is 308 g/mol. The molecule has 0 spiro atoms. The van der Waals surface area contributed by atoms with E-state index in [4.69, 9.17) is 14.2 Å². The minimum Gasteiger partial charge on any atom is -0.390 e. The van der Waals surface area contributed by atoms with Gasteiger partial charge in [-0.2, -0.15) is 0 Å². The van der Waals surface area contributed by atoms with Crippen molar-refractivity contribution in [3.63, 3.8) is 0 Å². The highest BCUT2D eigenvalue weighted by Gasteiger charge is 2.49. The van der Waals surface area contributed by atoms with E-state index in [1.54, 1.807) is 7.11 Å². The summed E-state index contributed by atoms with van der Waals surface area (Å²) in [6.45, 7) is 2.44. The molecule has 2 heterocycles. The fraction of sp³-hybridized carbons (Fsp3) is 0.625. The Morgan fingerprint density at radius 2 is 2.05 bits per heavy atom. The molecule has 1 aromatic carbocycles. The number of methoxy groups -OCH3 is 1. The lowest BCUT2D eigenvalue weighted by Gasteiger charge is -2.39. The van der Waals surface area contributed by atoms with Crippen LogP contribution in [0.25, 0.3) is 0 Å². The van der Waals surface area contributed by atoms with Crippen molar-refractivity contribution in [1.29, 1.82) is 0 Å². The van der Waals surface area contributed by atoms with Crippen molar-refractivity contribution in [2.24, 2.45) is 0 Å². The number of rotatable bonds is 7. The van der Waals surface area contributed by atoms with Gasteiger partial charge in [-0.25, -0.2) is 0 Å². The smallest absolute Gasteiger partial charge is 0.176 e. The summed E-state index contributed by atoms with van der Waals surface area (Å²) in [6, 6.07) is 9.73. The third kappa shape index (κ3) is 3.48. The third-order valence-electron chi connectivity index (χ3n) is 4.23. The van der Waals surface area contributed by atoms with Crippen molar-refractivity contribution in [2.45, 2.75) is 37.1 Å². The van der Waals surface area contributed by atoms with E-state index in [1.165, 1.54) is 5.56 Å². The Morgan fingerprint density at radius 3 is 2.82 bits per heavy atom. The summed E-state index contributed by atoms with van der Waals surface area (Å²) in [5.74, 6) is 0. The van der Waals surface area contributed by atoms with Crippen molar-refractivity contribution in [1.82, 2.24) is 10.6 Å². The summed E-state index contributed by atoms with van der Waals surface area (Å²) in [5, 5.41) is 17.3. The molecule has 6 nitrogen and oxygen atoms in total. The SMILES string of the molecule is COCCNC1C2OCC(O2)C(NCc2ccccc2)C1O. The van der Waals surface area contributed by atoms with Gasteiger partial charge >= 0.3 is 0 Å². The van der Waals surface area contributed by atoms with E-state index in [2.05, 4.69) is 22.8 Å².